The smallest absolute Gasteiger partial charge is 0.266 e. The topological polar surface area (TPSA) is 63.3 Å². The molecule has 4 rings (SSSR count). The third kappa shape index (κ3) is 3.02. The normalized spacial score (nSPS) is 15.2. The highest BCUT2D eigenvalue weighted by Gasteiger charge is 2.28. The Morgan fingerprint density at radius 1 is 1.23 bits per heavy atom. The number of aromatic nitrogens is 3. The number of halogens is 3. The Morgan fingerprint density at radius 3 is 2.73 bits per heavy atom. The Hall–Kier alpha value is -2.90. The van der Waals surface area contributed by atoms with Crippen LogP contribution in [0.4, 0.5) is 13.2 Å². The first-order valence-corrected chi connectivity index (χ1v) is 8.17. The second-order valence-electron chi connectivity index (χ2n) is 6.33. The molecule has 0 atom stereocenters. The van der Waals surface area contributed by atoms with Gasteiger partial charge in [-0.1, -0.05) is 11.2 Å². The predicted octanol–water partition coefficient (Wildman–Crippen LogP) is 4.42. The van der Waals surface area contributed by atoms with Crippen molar-refractivity contribution in [3.05, 3.63) is 48.0 Å². The van der Waals surface area contributed by atoms with Crippen molar-refractivity contribution in [2.45, 2.75) is 25.8 Å². The molecule has 0 unspecified atom stereocenters. The molecule has 3 aromatic rings. The lowest BCUT2D eigenvalue weighted by Crippen LogP contribution is -2.13. The van der Waals surface area contributed by atoms with Gasteiger partial charge in [0.25, 0.3) is 6.43 Å². The molecular weight excluding hydrogens is 345 g/mol. The van der Waals surface area contributed by atoms with E-state index < -0.39 is 17.8 Å². The number of benzene rings is 1. The van der Waals surface area contributed by atoms with Crippen LogP contribution in [0.25, 0.3) is 22.2 Å². The van der Waals surface area contributed by atoms with Gasteiger partial charge in [0.15, 0.2) is 0 Å². The summed E-state index contributed by atoms with van der Waals surface area (Å²) in [5, 5.41) is 16.8. The van der Waals surface area contributed by atoms with Crippen LogP contribution in [0.1, 0.15) is 24.8 Å². The van der Waals surface area contributed by atoms with E-state index in [1.54, 1.807) is 23.1 Å². The minimum Gasteiger partial charge on any atom is -0.411 e. The van der Waals surface area contributed by atoms with Crippen LogP contribution in [0.5, 0.6) is 0 Å². The Labute approximate surface area is 146 Å². The van der Waals surface area contributed by atoms with Gasteiger partial charge in [-0.05, 0) is 36.6 Å². The van der Waals surface area contributed by atoms with Crippen molar-refractivity contribution in [2.24, 2.45) is 11.1 Å². The van der Waals surface area contributed by atoms with E-state index in [4.69, 9.17) is 0 Å². The Bertz CT molecular complexity index is 995. The number of oxime groups is 1. The zero-order valence-electron chi connectivity index (χ0n) is 13.6. The second-order valence-corrected chi connectivity index (χ2v) is 6.33. The monoisotopic (exact) mass is 360 g/mol. The number of hydrogen-bond donors (Lipinski definition) is 1. The molecule has 1 aliphatic carbocycles. The van der Waals surface area contributed by atoms with Gasteiger partial charge in [0.1, 0.15) is 11.3 Å². The summed E-state index contributed by atoms with van der Waals surface area (Å²) in [5.74, 6) is -0.655. The fourth-order valence-corrected chi connectivity index (χ4v) is 2.94. The Kier molecular flexibility index (Phi) is 4.10. The molecule has 134 valence electrons. The molecule has 0 amide bonds. The van der Waals surface area contributed by atoms with Crippen molar-refractivity contribution in [2.75, 3.05) is 0 Å². The average Bonchev–Trinajstić information content (AvgIpc) is 3.40. The van der Waals surface area contributed by atoms with Crippen molar-refractivity contribution < 1.29 is 18.4 Å². The van der Waals surface area contributed by atoms with Crippen molar-refractivity contribution in [3.63, 3.8) is 0 Å². The number of nitrogens with zero attached hydrogens (tertiary/aromatic N) is 4. The highest BCUT2D eigenvalue weighted by atomic mass is 19.3. The molecule has 0 bridgehead atoms. The standard InChI is InChI=1S/C18H15F3N4O/c19-14-4-3-11(5-13(14)18(20)21)12-6-17-15(22-7-12)8-23-25(17)9-16(24-26)10-1-2-10/h3-8,10,18,26H,1-2,9H2/b24-16+. The molecule has 2 heterocycles. The molecule has 1 aliphatic rings. The van der Waals surface area contributed by atoms with Crippen LogP contribution in [0.15, 0.2) is 41.8 Å². The molecule has 1 fully saturated rings. The zero-order valence-corrected chi connectivity index (χ0v) is 13.6. The van der Waals surface area contributed by atoms with E-state index >= 15 is 0 Å². The van der Waals surface area contributed by atoms with E-state index in [-0.39, 0.29) is 5.92 Å². The SMILES string of the molecule is O/N=C(\Cn1ncc2ncc(-c3ccc(F)c(C(F)F)c3)cc21)C1CC1. The van der Waals surface area contributed by atoms with Gasteiger partial charge in [0.2, 0.25) is 0 Å². The lowest BCUT2D eigenvalue weighted by atomic mass is 10.0. The lowest BCUT2D eigenvalue weighted by molar-refractivity contribution is 0.146. The number of rotatable bonds is 5. The van der Waals surface area contributed by atoms with Crippen LogP contribution in [0, 0.1) is 11.7 Å². The molecule has 1 aromatic carbocycles. The molecule has 5 nitrogen and oxygen atoms in total. The highest BCUT2D eigenvalue weighted by molar-refractivity contribution is 5.89. The first-order valence-electron chi connectivity index (χ1n) is 8.17. The van der Waals surface area contributed by atoms with Crippen molar-refractivity contribution in [1.82, 2.24) is 14.8 Å². The molecule has 1 N–H and O–H groups in total. The molecule has 1 saturated carbocycles. The number of pyridine rings is 1. The maximum Gasteiger partial charge on any atom is 0.266 e. The summed E-state index contributed by atoms with van der Waals surface area (Å²) < 4.78 is 41.1. The number of alkyl halides is 2. The summed E-state index contributed by atoms with van der Waals surface area (Å²) in [6.07, 6.45) is 2.23. The minimum absolute atomic E-state index is 0.279. The van der Waals surface area contributed by atoms with Crippen molar-refractivity contribution >= 4 is 16.7 Å². The average molecular weight is 360 g/mol. The van der Waals surface area contributed by atoms with Gasteiger partial charge in [-0.25, -0.2) is 13.2 Å². The second kappa shape index (κ2) is 6.44. The zero-order chi connectivity index (χ0) is 18.3. The minimum atomic E-state index is -2.89. The van der Waals surface area contributed by atoms with Gasteiger partial charge in [-0.2, -0.15) is 5.10 Å². The van der Waals surface area contributed by atoms with Crippen LogP contribution >= 0.6 is 0 Å². The van der Waals surface area contributed by atoms with E-state index in [1.807, 2.05) is 0 Å². The van der Waals surface area contributed by atoms with Crippen molar-refractivity contribution in [3.8, 4) is 11.1 Å². The van der Waals surface area contributed by atoms with Crippen LogP contribution in [0.2, 0.25) is 0 Å². The van der Waals surface area contributed by atoms with Gasteiger partial charge in [-0.3, -0.25) is 9.67 Å². The molecular formula is C18H15F3N4O. The first kappa shape index (κ1) is 16.6. The highest BCUT2D eigenvalue weighted by Crippen LogP contribution is 2.32. The lowest BCUT2D eigenvalue weighted by Gasteiger charge is -2.08. The predicted molar refractivity (Wildman–Crippen MR) is 89.8 cm³/mol. The maximum absolute atomic E-state index is 13.5. The molecule has 0 radical (unpaired) electrons. The fourth-order valence-electron chi connectivity index (χ4n) is 2.94. The molecule has 0 saturated heterocycles. The van der Waals surface area contributed by atoms with E-state index in [9.17, 15) is 18.4 Å². The summed E-state index contributed by atoms with van der Waals surface area (Å²) >= 11 is 0. The molecule has 2 aromatic heterocycles. The maximum atomic E-state index is 13.5. The summed E-state index contributed by atoms with van der Waals surface area (Å²) in [4.78, 5) is 4.30. The summed E-state index contributed by atoms with van der Waals surface area (Å²) in [6, 6.07) is 5.37. The molecule has 0 aliphatic heterocycles. The van der Waals surface area contributed by atoms with Gasteiger partial charge in [0, 0.05) is 17.7 Å². The van der Waals surface area contributed by atoms with Gasteiger partial charge < -0.3 is 5.21 Å². The molecule has 8 heteroatoms. The first-order chi connectivity index (χ1) is 12.6. The van der Waals surface area contributed by atoms with Crippen molar-refractivity contribution in [1.29, 1.82) is 0 Å². The van der Waals surface area contributed by atoms with Gasteiger partial charge in [-0.15, -0.1) is 0 Å². The van der Waals surface area contributed by atoms with Crippen LogP contribution in [-0.2, 0) is 6.54 Å². The van der Waals surface area contributed by atoms with E-state index in [0.29, 0.717) is 34.4 Å². The Balaban J connectivity index is 1.73. The van der Waals surface area contributed by atoms with Gasteiger partial charge >= 0.3 is 0 Å². The van der Waals surface area contributed by atoms with Gasteiger partial charge in [0.05, 0.1) is 29.5 Å². The van der Waals surface area contributed by atoms with E-state index in [2.05, 4.69) is 15.2 Å². The summed E-state index contributed by atoms with van der Waals surface area (Å²) in [5.41, 5.74) is 2.36. The third-order valence-corrected chi connectivity index (χ3v) is 4.55. The van der Waals surface area contributed by atoms with E-state index in [1.165, 1.54) is 6.07 Å². The van der Waals surface area contributed by atoms with Crippen LogP contribution in [0.3, 0.4) is 0 Å². The quantitative estimate of drug-likeness (QED) is 0.416. The number of fused-ring (bicyclic) bond motifs is 1. The summed E-state index contributed by atoms with van der Waals surface area (Å²) in [7, 11) is 0. The van der Waals surface area contributed by atoms with Crippen LogP contribution in [-0.4, -0.2) is 25.7 Å². The van der Waals surface area contributed by atoms with E-state index in [0.717, 1.165) is 25.0 Å². The molecule has 26 heavy (non-hydrogen) atoms. The fraction of sp³-hybridized carbons (Fsp3) is 0.278. The third-order valence-electron chi connectivity index (χ3n) is 4.55. The van der Waals surface area contributed by atoms with Crippen LogP contribution < -0.4 is 0 Å². The number of hydrogen-bond acceptors (Lipinski definition) is 4. The Morgan fingerprint density at radius 2 is 2.04 bits per heavy atom. The largest absolute Gasteiger partial charge is 0.411 e. The molecule has 0 spiro atoms. The summed E-state index contributed by atoms with van der Waals surface area (Å²) in [6.45, 7) is 0.335.